The molecule has 0 radical (unpaired) electrons. The lowest BCUT2D eigenvalue weighted by Gasteiger charge is -2.08. The number of hydrogen-bond donors (Lipinski definition) is 1. The average molecular weight is 532 g/mol. The van der Waals surface area contributed by atoms with Crippen molar-refractivity contribution in [1.82, 2.24) is 9.97 Å². The molecule has 178 valence electrons. The van der Waals surface area contributed by atoms with Gasteiger partial charge in [-0.15, -0.1) is 18.0 Å². The van der Waals surface area contributed by atoms with E-state index in [1.54, 1.807) is 0 Å². The van der Waals surface area contributed by atoms with Gasteiger partial charge >= 0.3 is 0 Å². The number of rotatable bonds is 19. The molecule has 9 heteroatoms. The largest absolute Gasteiger partial charge is 0.379 e. The SMILES string of the molecule is C#CCOCCOCCOCCOCCOCCCCc1c(Br)ccc2[nH]c(CCl)nc12. The summed E-state index contributed by atoms with van der Waals surface area (Å²) in [5.41, 5.74) is 3.22. The van der Waals surface area contributed by atoms with E-state index in [4.69, 9.17) is 41.7 Å². The van der Waals surface area contributed by atoms with Gasteiger partial charge in [0, 0.05) is 11.1 Å². The Kier molecular flexibility index (Phi) is 14.6. The number of imidazole rings is 1. The molecule has 1 N–H and O–H groups in total. The summed E-state index contributed by atoms with van der Waals surface area (Å²) in [5, 5.41) is 0. The van der Waals surface area contributed by atoms with Crippen LogP contribution in [-0.2, 0) is 36.0 Å². The number of hydrogen-bond acceptors (Lipinski definition) is 6. The lowest BCUT2D eigenvalue weighted by molar-refractivity contribution is -0.00933. The first kappa shape index (κ1) is 27.1. The summed E-state index contributed by atoms with van der Waals surface area (Å²) >= 11 is 9.54. The number of aromatic amines is 1. The lowest BCUT2D eigenvalue weighted by Crippen LogP contribution is -2.13. The molecule has 0 bridgehead atoms. The van der Waals surface area contributed by atoms with Gasteiger partial charge in [0.25, 0.3) is 0 Å². The van der Waals surface area contributed by atoms with Crippen molar-refractivity contribution < 1.29 is 23.7 Å². The average Bonchev–Trinajstić information content (AvgIpc) is 3.23. The first-order valence-corrected chi connectivity index (χ1v) is 12.1. The molecule has 2 rings (SSSR count). The molecule has 0 aliphatic rings. The van der Waals surface area contributed by atoms with Crippen molar-refractivity contribution in [1.29, 1.82) is 0 Å². The Bertz CT molecular complexity index is 812. The van der Waals surface area contributed by atoms with Crippen LogP contribution in [0.1, 0.15) is 24.2 Å². The molecule has 0 aliphatic heterocycles. The fourth-order valence-corrected chi connectivity index (χ4v) is 3.62. The zero-order valence-electron chi connectivity index (χ0n) is 18.4. The van der Waals surface area contributed by atoms with Crippen LogP contribution >= 0.6 is 27.5 Å². The number of unbranched alkanes of at least 4 members (excludes halogenated alkanes) is 1. The van der Waals surface area contributed by atoms with E-state index >= 15 is 0 Å². The summed E-state index contributed by atoms with van der Waals surface area (Å²) in [6.07, 6.45) is 8.01. The molecule has 1 aromatic carbocycles. The Labute approximate surface area is 203 Å². The minimum absolute atomic E-state index is 0.317. The molecule has 7 nitrogen and oxygen atoms in total. The van der Waals surface area contributed by atoms with Gasteiger partial charge in [0.15, 0.2) is 0 Å². The van der Waals surface area contributed by atoms with E-state index in [0.29, 0.717) is 71.9 Å². The van der Waals surface area contributed by atoms with Crippen molar-refractivity contribution in [2.45, 2.75) is 25.1 Å². The number of aryl methyl sites for hydroxylation is 1. The zero-order chi connectivity index (χ0) is 22.9. The highest BCUT2D eigenvalue weighted by molar-refractivity contribution is 9.10. The fraction of sp³-hybridized carbons (Fsp3) is 0.609. The molecule has 0 amide bonds. The second kappa shape index (κ2) is 17.3. The molecule has 0 saturated carbocycles. The Morgan fingerprint density at radius 3 is 2.06 bits per heavy atom. The number of nitrogens with one attached hydrogen (secondary N) is 1. The molecule has 0 fully saturated rings. The number of alkyl halides is 1. The summed E-state index contributed by atoms with van der Waals surface area (Å²) in [4.78, 5) is 7.84. The number of nitrogens with zero attached hydrogens (tertiary/aromatic N) is 1. The van der Waals surface area contributed by atoms with Gasteiger partial charge in [0.1, 0.15) is 12.4 Å². The van der Waals surface area contributed by atoms with Gasteiger partial charge in [-0.25, -0.2) is 4.98 Å². The van der Waals surface area contributed by atoms with Gasteiger partial charge in [-0.1, -0.05) is 21.9 Å². The smallest absolute Gasteiger partial charge is 0.122 e. The molecule has 32 heavy (non-hydrogen) atoms. The van der Waals surface area contributed by atoms with E-state index in [9.17, 15) is 0 Å². The highest BCUT2D eigenvalue weighted by atomic mass is 79.9. The predicted molar refractivity (Wildman–Crippen MR) is 129 cm³/mol. The number of fused-ring (bicyclic) bond motifs is 1. The minimum atomic E-state index is 0.317. The molecule has 2 aromatic rings. The Hall–Kier alpha value is -1.18. The second-order valence-electron chi connectivity index (χ2n) is 6.90. The molecule has 1 heterocycles. The van der Waals surface area contributed by atoms with Gasteiger partial charge in [-0.2, -0.15) is 0 Å². The second-order valence-corrected chi connectivity index (χ2v) is 8.02. The van der Waals surface area contributed by atoms with Crippen molar-refractivity contribution in [3.05, 3.63) is 28.0 Å². The number of ether oxygens (including phenoxy) is 5. The lowest BCUT2D eigenvalue weighted by atomic mass is 10.1. The predicted octanol–water partition coefficient (Wildman–Crippen LogP) is 4.10. The van der Waals surface area contributed by atoms with Gasteiger partial charge in [0.2, 0.25) is 0 Å². The van der Waals surface area contributed by atoms with Gasteiger partial charge in [-0.05, 0) is 37.0 Å². The zero-order valence-corrected chi connectivity index (χ0v) is 20.7. The van der Waals surface area contributed by atoms with Crippen molar-refractivity contribution in [2.75, 3.05) is 66.1 Å². The van der Waals surface area contributed by atoms with Gasteiger partial charge in [0.05, 0.1) is 69.8 Å². The summed E-state index contributed by atoms with van der Waals surface area (Å²) in [6.45, 7) is 5.33. The van der Waals surface area contributed by atoms with E-state index in [-0.39, 0.29) is 0 Å². The molecule has 1 aromatic heterocycles. The quantitative estimate of drug-likeness (QED) is 0.167. The van der Waals surface area contributed by atoms with Crippen LogP contribution < -0.4 is 0 Å². The fourth-order valence-electron chi connectivity index (χ4n) is 2.98. The molecular weight excluding hydrogens is 500 g/mol. The number of benzene rings is 1. The molecule has 0 atom stereocenters. The topological polar surface area (TPSA) is 74.8 Å². The van der Waals surface area contributed by atoms with Crippen LogP contribution in [-0.4, -0.2) is 76.0 Å². The third-order valence-electron chi connectivity index (χ3n) is 4.52. The Balaban J connectivity index is 1.40. The van der Waals surface area contributed by atoms with Crippen molar-refractivity contribution in [2.24, 2.45) is 0 Å². The van der Waals surface area contributed by atoms with Crippen LogP contribution in [0.4, 0.5) is 0 Å². The van der Waals surface area contributed by atoms with E-state index in [1.807, 2.05) is 6.07 Å². The standard InChI is InChI=1S/C23H32BrClN2O5/c1-2-8-28-10-12-30-14-16-32-17-15-31-13-11-29-9-4-3-5-19-20(24)6-7-21-23(19)27-22(18-25)26-21/h1,6-7H,3-5,8-18H2,(H,26,27). The van der Waals surface area contributed by atoms with Crippen LogP contribution in [0.3, 0.4) is 0 Å². The number of H-pyrrole nitrogens is 1. The van der Waals surface area contributed by atoms with Crippen LogP contribution in [0.15, 0.2) is 16.6 Å². The highest BCUT2D eigenvalue weighted by Gasteiger charge is 2.10. The number of halogens is 2. The third kappa shape index (κ3) is 10.6. The molecule has 0 aliphatic carbocycles. The summed E-state index contributed by atoms with van der Waals surface area (Å²) < 4.78 is 28.1. The van der Waals surface area contributed by atoms with Crippen LogP contribution in [0.2, 0.25) is 0 Å². The molecule has 0 unspecified atom stereocenters. The monoisotopic (exact) mass is 530 g/mol. The van der Waals surface area contributed by atoms with Crippen LogP contribution in [0, 0.1) is 12.3 Å². The van der Waals surface area contributed by atoms with Crippen molar-refractivity contribution >= 4 is 38.6 Å². The van der Waals surface area contributed by atoms with E-state index in [2.05, 4.69) is 37.9 Å². The third-order valence-corrected chi connectivity index (χ3v) is 5.51. The van der Waals surface area contributed by atoms with Gasteiger partial charge in [-0.3, -0.25) is 0 Å². The maximum Gasteiger partial charge on any atom is 0.122 e. The highest BCUT2D eigenvalue weighted by Crippen LogP contribution is 2.27. The first-order valence-electron chi connectivity index (χ1n) is 10.8. The summed E-state index contributed by atoms with van der Waals surface area (Å²) in [6, 6.07) is 4.07. The molecule has 0 saturated heterocycles. The molecular formula is C23H32BrClN2O5. The van der Waals surface area contributed by atoms with E-state index in [1.165, 1.54) is 5.56 Å². The summed E-state index contributed by atoms with van der Waals surface area (Å²) in [7, 11) is 0. The number of aromatic nitrogens is 2. The van der Waals surface area contributed by atoms with Crippen molar-refractivity contribution in [3.8, 4) is 12.3 Å². The van der Waals surface area contributed by atoms with Crippen molar-refractivity contribution in [3.63, 3.8) is 0 Å². The minimum Gasteiger partial charge on any atom is -0.379 e. The Morgan fingerprint density at radius 1 is 0.875 bits per heavy atom. The maximum atomic E-state index is 5.90. The van der Waals surface area contributed by atoms with E-state index < -0.39 is 0 Å². The first-order chi connectivity index (χ1) is 15.8. The number of terminal acetylenes is 1. The Morgan fingerprint density at radius 2 is 1.47 bits per heavy atom. The normalized spacial score (nSPS) is 11.3. The van der Waals surface area contributed by atoms with Gasteiger partial charge < -0.3 is 28.7 Å². The van der Waals surface area contributed by atoms with Crippen LogP contribution in [0.5, 0.6) is 0 Å². The molecule has 0 spiro atoms. The van der Waals surface area contributed by atoms with E-state index in [0.717, 1.165) is 40.6 Å². The maximum absolute atomic E-state index is 5.90. The van der Waals surface area contributed by atoms with Crippen LogP contribution in [0.25, 0.3) is 11.0 Å². The summed E-state index contributed by atoms with van der Waals surface area (Å²) in [5.74, 6) is 3.58.